The van der Waals surface area contributed by atoms with Crippen molar-refractivity contribution >= 4 is 17.5 Å². The summed E-state index contributed by atoms with van der Waals surface area (Å²) in [5.74, 6) is -1.46. The van der Waals surface area contributed by atoms with Gasteiger partial charge in [-0.05, 0) is 37.1 Å². The predicted molar refractivity (Wildman–Crippen MR) is 84.6 cm³/mol. The SMILES string of the molecule is CCOc1ccc2c(c1)C1(CCN(C(C)=O)C1)CN2C(=O)C(F)(F)F. The molecule has 0 aromatic heterocycles. The Hall–Kier alpha value is -2.25. The number of benzene rings is 1. The van der Waals surface area contributed by atoms with Crippen molar-refractivity contribution in [3.63, 3.8) is 0 Å². The Balaban J connectivity index is 2.04. The van der Waals surface area contributed by atoms with Crippen LogP contribution in [0.4, 0.5) is 18.9 Å². The summed E-state index contributed by atoms with van der Waals surface area (Å²) in [5.41, 5.74) is 0.200. The summed E-state index contributed by atoms with van der Waals surface area (Å²) in [7, 11) is 0. The lowest BCUT2D eigenvalue weighted by Crippen LogP contribution is -2.44. The molecule has 0 radical (unpaired) electrons. The van der Waals surface area contributed by atoms with Gasteiger partial charge in [0.15, 0.2) is 0 Å². The largest absolute Gasteiger partial charge is 0.494 e. The van der Waals surface area contributed by atoms with Gasteiger partial charge >= 0.3 is 12.1 Å². The van der Waals surface area contributed by atoms with E-state index in [1.165, 1.54) is 13.0 Å². The van der Waals surface area contributed by atoms with Gasteiger partial charge in [-0.25, -0.2) is 0 Å². The van der Waals surface area contributed by atoms with Crippen LogP contribution in [0.25, 0.3) is 0 Å². The topological polar surface area (TPSA) is 49.9 Å². The fourth-order valence-electron chi connectivity index (χ4n) is 3.73. The van der Waals surface area contributed by atoms with Crippen LogP contribution >= 0.6 is 0 Å². The Morgan fingerprint density at radius 3 is 2.56 bits per heavy atom. The molecular weight excluding hydrogens is 337 g/mol. The van der Waals surface area contributed by atoms with Crippen LogP contribution in [0.3, 0.4) is 0 Å². The van der Waals surface area contributed by atoms with Crippen molar-refractivity contribution in [2.45, 2.75) is 31.9 Å². The average molecular weight is 356 g/mol. The molecule has 5 nitrogen and oxygen atoms in total. The highest BCUT2D eigenvalue weighted by molar-refractivity contribution is 6.00. The van der Waals surface area contributed by atoms with Crippen molar-refractivity contribution in [3.05, 3.63) is 23.8 Å². The van der Waals surface area contributed by atoms with Gasteiger partial charge in [0, 0.05) is 37.7 Å². The van der Waals surface area contributed by atoms with Gasteiger partial charge in [-0.3, -0.25) is 9.59 Å². The van der Waals surface area contributed by atoms with Gasteiger partial charge in [-0.1, -0.05) is 0 Å². The molecule has 2 amide bonds. The molecule has 2 heterocycles. The van der Waals surface area contributed by atoms with E-state index in [2.05, 4.69) is 0 Å². The molecule has 1 spiro atoms. The summed E-state index contributed by atoms with van der Waals surface area (Å²) in [5, 5.41) is 0. The fraction of sp³-hybridized carbons (Fsp3) is 0.529. The molecule has 0 N–H and O–H groups in total. The number of ether oxygens (including phenoxy) is 1. The number of anilines is 1. The number of fused-ring (bicyclic) bond motifs is 2. The van der Waals surface area contributed by atoms with Crippen LogP contribution in [0.1, 0.15) is 25.8 Å². The van der Waals surface area contributed by atoms with Crippen LogP contribution in [-0.2, 0) is 15.0 Å². The van der Waals surface area contributed by atoms with Crippen LogP contribution in [-0.4, -0.2) is 49.1 Å². The van der Waals surface area contributed by atoms with Gasteiger partial charge in [0.05, 0.1) is 6.61 Å². The molecule has 1 fully saturated rings. The van der Waals surface area contributed by atoms with E-state index in [-0.39, 0.29) is 18.1 Å². The van der Waals surface area contributed by atoms with E-state index in [0.717, 1.165) is 4.90 Å². The Kier molecular flexibility index (Phi) is 4.17. The third-order valence-corrected chi connectivity index (χ3v) is 4.89. The molecular formula is C17H19F3N2O3. The van der Waals surface area contributed by atoms with E-state index in [0.29, 0.717) is 37.4 Å². The summed E-state index contributed by atoms with van der Waals surface area (Å²) in [6, 6.07) is 4.76. The molecule has 2 aliphatic heterocycles. The number of halogens is 3. The number of carbonyl (C=O) groups is 2. The summed E-state index contributed by atoms with van der Waals surface area (Å²) in [6.45, 7) is 4.35. The molecule has 1 aromatic rings. The maximum Gasteiger partial charge on any atom is 0.471 e. The third-order valence-electron chi connectivity index (χ3n) is 4.89. The fourth-order valence-corrected chi connectivity index (χ4v) is 3.73. The molecule has 1 aromatic carbocycles. The average Bonchev–Trinajstić information content (AvgIpc) is 3.10. The molecule has 25 heavy (non-hydrogen) atoms. The second-order valence-corrected chi connectivity index (χ2v) is 6.47. The summed E-state index contributed by atoms with van der Waals surface area (Å²) < 4.78 is 44.4. The van der Waals surface area contributed by atoms with Gasteiger partial charge < -0.3 is 14.5 Å². The number of carbonyl (C=O) groups excluding carboxylic acids is 2. The van der Waals surface area contributed by atoms with E-state index in [1.54, 1.807) is 17.0 Å². The molecule has 0 aliphatic carbocycles. The van der Waals surface area contributed by atoms with Gasteiger partial charge in [-0.15, -0.1) is 0 Å². The molecule has 1 unspecified atom stereocenters. The summed E-state index contributed by atoms with van der Waals surface area (Å²) in [6.07, 6.45) is -4.43. The molecule has 1 saturated heterocycles. The van der Waals surface area contributed by atoms with E-state index in [4.69, 9.17) is 4.74 Å². The Bertz CT molecular complexity index is 720. The first-order valence-corrected chi connectivity index (χ1v) is 8.09. The van der Waals surface area contributed by atoms with Crippen LogP contribution in [0.5, 0.6) is 5.75 Å². The van der Waals surface area contributed by atoms with Gasteiger partial charge in [0.1, 0.15) is 5.75 Å². The molecule has 2 aliphatic rings. The first-order chi connectivity index (χ1) is 11.7. The van der Waals surface area contributed by atoms with Crippen molar-refractivity contribution in [2.24, 2.45) is 0 Å². The minimum atomic E-state index is -4.94. The number of likely N-dealkylation sites (tertiary alicyclic amines) is 1. The minimum absolute atomic E-state index is 0.0833. The summed E-state index contributed by atoms with van der Waals surface area (Å²) >= 11 is 0. The number of amides is 2. The Morgan fingerprint density at radius 2 is 2.00 bits per heavy atom. The maximum atomic E-state index is 13.0. The van der Waals surface area contributed by atoms with Gasteiger partial charge in [0.2, 0.25) is 5.91 Å². The monoisotopic (exact) mass is 356 g/mol. The minimum Gasteiger partial charge on any atom is -0.494 e. The van der Waals surface area contributed by atoms with Crippen molar-refractivity contribution in [1.82, 2.24) is 4.90 Å². The van der Waals surface area contributed by atoms with E-state index >= 15 is 0 Å². The summed E-state index contributed by atoms with van der Waals surface area (Å²) in [4.78, 5) is 26.0. The zero-order chi connectivity index (χ0) is 18.4. The standard InChI is InChI=1S/C17H19F3N2O3/c1-3-25-12-4-5-14-13(8-12)16(6-7-21(9-16)11(2)23)10-22(14)15(24)17(18,19)20/h4-5,8H,3,6-7,9-10H2,1-2H3. The molecule has 0 bridgehead atoms. The second-order valence-electron chi connectivity index (χ2n) is 6.47. The number of alkyl halides is 3. The Labute approximate surface area is 143 Å². The molecule has 1 atom stereocenters. The van der Waals surface area contributed by atoms with E-state index in [1.807, 2.05) is 6.92 Å². The van der Waals surface area contributed by atoms with Crippen molar-refractivity contribution < 1.29 is 27.5 Å². The number of nitrogens with zero attached hydrogens (tertiary/aromatic N) is 2. The van der Waals surface area contributed by atoms with Crippen molar-refractivity contribution in [1.29, 1.82) is 0 Å². The lowest BCUT2D eigenvalue weighted by atomic mass is 9.81. The van der Waals surface area contributed by atoms with E-state index in [9.17, 15) is 22.8 Å². The predicted octanol–water partition coefficient (Wildman–Crippen LogP) is 2.48. The third kappa shape index (κ3) is 2.94. The lowest BCUT2D eigenvalue weighted by molar-refractivity contribution is -0.170. The number of hydrogen-bond donors (Lipinski definition) is 0. The van der Waals surface area contributed by atoms with Crippen LogP contribution < -0.4 is 9.64 Å². The molecule has 136 valence electrons. The van der Waals surface area contributed by atoms with Crippen molar-refractivity contribution in [2.75, 3.05) is 31.1 Å². The zero-order valence-corrected chi connectivity index (χ0v) is 14.0. The molecule has 8 heteroatoms. The van der Waals surface area contributed by atoms with Crippen molar-refractivity contribution in [3.8, 4) is 5.75 Å². The first-order valence-electron chi connectivity index (χ1n) is 8.09. The quantitative estimate of drug-likeness (QED) is 0.818. The van der Waals surface area contributed by atoms with Crippen LogP contribution in [0.2, 0.25) is 0 Å². The first kappa shape index (κ1) is 17.6. The zero-order valence-electron chi connectivity index (χ0n) is 14.0. The van der Waals surface area contributed by atoms with E-state index < -0.39 is 17.5 Å². The van der Waals surface area contributed by atoms with Gasteiger partial charge in [-0.2, -0.15) is 13.2 Å². The van der Waals surface area contributed by atoms with Gasteiger partial charge in [0.25, 0.3) is 0 Å². The number of hydrogen-bond acceptors (Lipinski definition) is 3. The van der Waals surface area contributed by atoms with Crippen LogP contribution in [0, 0.1) is 0 Å². The smallest absolute Gasteiger partial charge is 0.471 e. The highest BCUT2D eigenvalue weighted by atomic mass is 19.4. The lowest BCUT2D eigenvalue weighted by Gasteiger charge is -2.25. The highest BCUT2D eigenvalue weighted by Crippen LogP contribution is 2.48. The molecule has 0 saturated carbocycles. The molecule has 3 rings (SSSR count). The maximum absolute atomic E-state index is 13.0. The normalized spacial score (nSPS) is 22.4. The highest BCUT2D eigenvalue weighted by Gasteiger charge is 2.53. The number of rotatable bonds is 2. The Morgan fingerprint density at radius 1 is 1.28 bits per heavy atom. The second kappa shape index (κ2) is 5.93. The van der Waals surface area contributed by atoms with Crippen LogP contribution in [0.15, 0.2) is 18.2 Å².